The van der Waals surface area contributed by atoms with E-state index in [1.807, 2.05) is 0 Å². The summed E-state index contributed by atoms with van der Waals surface area (Å²) in [5.41, 5.74) is -6.12. The molecule has 0 aliphatic rings. The van der Waals surface area contributed by atoms with Crippen LogP contribution in [0.25, 0.3) is 0 Å². The number of benzene rings is 2. The Morgan fingerprint density at radius 2 is 1.41 bits per heavy atom. The third kappa shape index (κ3) is 7.86. The largest absolute Gasteiger partial charge is 0.431 e. The molecule has 0 aliphatic carbocycles. The summed E-state index contributed by atoms with van der Waals surface area (Å²) in [5, 5.41) is 12.3. The predicted octanol–water partition coefficient (Wildman–Crippen LogP) is 8.51. The summed E-state index contributed by atoms with van der Waals surface area (Å²) in [5.74, 6) is -2.68. The highest BCUT2D eigenvalue weighted by molar-refractivity contribution is 5.48. The number of allylic oxidation sites excluding steroid dienone is 4. The average Bonchev–Trinajstić information content (AvgIpc) is 2.85. The van der Waals surface area contributed by atoms with Gasteiger partial charge in [-0.1, -0.05) is 49.1 Å². The van der Waals surface area contributed by atoms with E-state index in [1.165, 1.54) is 19.1 Å². The average molecular weight is 601 g/mol. The van der Waals surface area contributed by atoms with Gasteiger partial charge in [-0.3, -0.25) is 0 Å². The van der Waals surface area contributed by atoms with Crippen LogP contribution in [0.4, 0.5) is 43.9 Å². The first-order valence-electron chi connectivity index (χ1n) is 11.3. The summed E-state index contributed by atoms with van der Waals surface area (Å²) < 4.78 is 140. The molecule has 41 heavy (non-hydrogen) atoms. The maximum absolute atomic E-state index is 13.3. The lowest BCUT2D eigenvalue weighted by Gasteiger charge is -2.33. The third-order valence-electron chi connectivity index (χ3n) is 5.85. The van der Waals surface area contributed by atoms with Crippen molar-refractivity contribution < 1.29 is 58.5 Å². The van der Waals surface area contributed by atoms with Gasteiger partial charge in [-0.25, -0.2) is 0 Å². The number of aliphatic hydroxyl groups is 1. The van der Waals surface area contributed by atoms with Crippen LogP contribution >= 0.6 is 0 Å². The van der Waals surface area contributed by atoms with Crippen molar-refractivity contribution in [2.24, 2.45) is 5.18 Å². The van der Waals surface area contributed by atoms with E-state index < -0.39 is 54.2 Å². The fraction of sp³-hybridized carbons (Fsp3) is 0.308. The fourth-order valence-corrected chi connectivity index (χ4v) is 3.88. The van der Waals surface area contributed by atoms with Gasteiger partial charge in [0, 0.05) is 11.5 Å². The second-order valence-electron chi connectivity index (χ2n) is 8.39. The molecule has 0 bridgehead atoms. The fourth-order valence-electron chi connectivity index (χ4n) is 3.88. The molecule has 5 nitrogen and oxygen atoms in total. The molecule has 0 radical (unpaired) electrons. The highest BCUT2D eigenvalue weighted by atomic mass is 19.4. The Morgan fingerprint density at radius 1 is 0.902 bits per heavy atom. The minimum atomic E-state index is -6.14. The number of rotatable bonds is 12. The van der Waals surface area contributed by atoms with E-state index >= 15 is 0 Å². The summed E-state index contributed by atoms with van der Waals surface area (Å²) >= 11 is 0. The zero-order valence-corrected chi connectivity index (χ0v) is 20.8. The number of halogens is 10. The Morgan fingerprint density at radius 3 is 1.88 bits per heavy atom. The van der Waals surface area contributed by atoms with Crippen LogP contribution in [0.5, 0.6) is 11.5 Å². The van der Waals surface area contributed by atoms with Crippen molar-refractivity contribution >= 4 is 0 Å². The summed E-state index contributed by atoms with van der Waals surface area (Å²) in [7, 11) is 0. The number of nitrogens with zero attached hydrogens (tertiary/aromatic N) is 1. The number of alkyl halides is 10. The van der Waals surface area contributed by atoms with E-state index in [-0.39, 0.29) is 23.1 Å². The monoisotopic (exact) mass is 601 g/mol. The van der Waals surface area contributed by atoms with Gasteiger partial charge in [-0.15, -0.1) is 4.91 Å². The lowest BCUT2D eigenvalue weighted by molar-refractivity contribution is -0.376. The summed E-state index contributed by atoms with van der Waals surface area (Å²) in [6.45, 7) is -1.93. The number of hydrogen-bond donors (Lipinski definition) is 1. The second kappa shape index (κ2) is 13.2. The molecule has 0 saturated carbocycles. The molecule has 2 aromatic carbocycles. The van der Waals surface area contributed by atoms with Crippen LogP contribution in [-0.4, -0.2) is 30.7 Å². The first-order chi connectivity index (χ1) is 19.0. The van der Waals surface area contributed by atoms with E-state index in [0.717, 1.165) is 36.5 Å². The van der Waals surface area contributed by atoms with Gasteiger partial charge in [0.2, 0.25) is 0 Å². The van der Waals surface area contributed by atoms with Crippen molar-refractivity contribution in [3.8, 4) is 11.5 Å². The van der Waals surface area contributed by atoms with Crippen molar-refractivity contribution in [2.45, 2.75) is 50.4 Å². The normalized spacial score (nSPS) is 14.3. The first kappa shape index (κ1) is 33.3. The zero-order valence-electron chi connectivity index (χ0n) is 20.8. The van der Waals surface area contributed by atoms with Crippen molar-refractivity contribution in [1.29, 1.82) is 0 Å². The topological polar surface area (TPSA) is 68.1 Å². The molecule has 2 rings (SSSR count). The van der Waals surface area contributed by atoms with Crippen LogP contribution in [0.2, 0.25) is 0 Å². The lowest BCUT2D eigenvalue weighted by atomic mass is 9.82. The van der Waals surface area contributed by atoms with Crippen LogP contribution in [0.15, 0.2) is 83.7 Å². The van der Waals surface area contributed by atoms with Crippen LogP contribution in [0.1, 0.15) is 36.0 Å². The molecule has 0 amide bonds. The molecular formula is C26H21F10NO4. The summed E-state index contributed by atoms with van der Waals surface area (Å²) in [6, 6.07) is 5.33. The van der Waals surface area contributed by atoms with Gasteiger partial charge < -0.3 is 14.6 Å². The molecule has 15 heteroatoms. The van der Waals surface area contributed by atoms with Crippen molar-refractivity contribution in [1.82, 2.24) is 0 Å². The third-order valence-corrected chi connectivity index (χ3v) is 5.85. The minimum Gasteiger partial charge on any atom is -0.431 e. The molecule has 0 fully saturated rings. The first-order valence-corrected chi connectivity index (χ1v) is 11.3. The SMILES string of the molecule is C=C/C=C(CC(c1ccc(C(O)(C(F)(F)F)C(F)(F)F)cc1)c1ccc(OC(F)F)c(OC(F)F)c1)\C(C)=C/N=O. The minimum absolute atomic E-state index is 0.00722. The molecule has 224 valence electrons. The van der Waals surface area contributed by atoms with Gasteiger partial charge in [0.05, 0.1) is 6.20 Å². The van der Waals surface area contributed by atoms with Gasteiger partial charge in [-0.05, 0) is 52.9 Å². The Hall–Kier alpha value is -3.88. The molecular weight excluding hydrogens is 580 g/mol. The highest BCUT2D eigenvalue weighted by Crippen LogP contribution is 2.50. The standard InChI is InChI=1S/C26H21F10NO4/c1-3-4-16(14(2)13-37-39)11-19(17-7-10-20(40-22(27)28)21(12-17)41-23(29)30)15-5-8-18(9-6-15)24(38,25(31,32)33)26(34,35)36/h3-10,12-13,19,22-23,38H,1,11H2,2H3/b14-13-,16-4-. The Balaban J connectivity index is 2.76. The lowest BCUT2D eigenvalue weighted by Crippen LogP contribution is -2.53. The van der Waals surface area contributed by atoms with Crippen LogP contribution < -0.4 is 9.47 Å². The van der Waals surface area contributed by atoms with Crippen molar-refractivity contribution in [3.63, 3.8) is 0 Å². The number of nitroso groups, excluding NO2 is 1. The second-order valence-corrected chi connectivity index (χ2v) is 8.39. The molecule has 1 unspecified atom stereocenters. The van der Waals surface area contributed by atoms with Gasteiger partial charge in [-0.2, -0.15) is 43.9 Å². The zero-order chi connectivity index (χ0) is 31.2. The molecule has 0 spiro atoms. The maximum Gasteiger partial charge on any atom is 0.430 e. The van der Waals surface area contributed by atoms with E-state index in [2.05, 4.69) is 21.2 Å². The van der Waals surface area contributed by atoms with Gasteiger partial charge in [0.25, 0.3) is 5.60 Å². The number of hydrogen-bond acceptors (Lipinski definition) is 5. The van der Waals surface area contributed by atoms with Gasteiger partial charge in [0.15, 0.2) is 11.5 Å². The Bertz CT molecular complexity index is 1250. The Labute approximate surface area is 226 Å². The van der Waals surface area contributed by atoms with Crippen LogP contribution in [0, 0.1) is 4.91 Å². The van der Waals surface area contributed by atoms with Crippen molar-refractivity contribution in [2.75, 3.05) is 0 Å². The summed E-state index contributed by atoms with van der Waals surface area (Å²) in [4.78, 5) is 10.8. The van der Waals surface area contributed by atoms with Gasteiger partial charge >= 0.3 is 25.6 Å². The van der Waals surface area contributed by atoms with Crippen LogP contribution in [-0.2, 0) is 5.60 Å². The molecule has 0 heterocycles. The van der Waals surface area contributed by atoms with E-state index in [4.69, 9.17) is 0 Å². The predicted molar refractivity (Wildman–Crippen MR) is 126 cm³/mol. The number of ether oxygens (including phenoxy) is 2. The molecule has 1 atom stereocenters. The molecule has 0 saturated heterocycles. The molecule has 2 aromatic rings. The Kier molecular flexibility index (Phi) is 10.7. The maximum atomic E-state index is 13.3. The van der Waals surface area contributed by atoms with Crippen LogP contribution in [0.3, 0.4) is 0 Å². The molecule has 1 N–H and O–H groups in total. The van der Waals surface area contributed by atoms with E-state index in [0.29, 0.717) is 17.7 Å². The van der Waals surface area contributed by atoms with Gasteiger partial charge in [0.1, 0.15) is 0 Å². The molecule has 0 aliphatic heterocycles. The van der Waals surface area contributed by atoms with E-state index in [9.17, 15) is 53.9 Å². The highest BCUT2D eigenvalue weighted by Gasteiger charge is 2.71. The quantitative estimate of drug-likeness (QED) is 0.151. The van der Waals surface area contributed by atoms with Crippen molar-refractivity contribution in [3.05, 3.63) is 100 Å². The smallest absolute Gasteiger partial charge is 0.430 e. The summed E-state index contributed by atoms with van der Waals surface area (Å²) in [6.07, 6.45) is -8.83. The van der Waals surface area contributed by atoms with E-state index in [1.54, 1.807) is 0 Å². The molecule has 0 aromatic heterocycles.